The molecule has 4 heterocycles. The van der Waals surface area contributed by atoms with Crippen LogP contribution < -0.4 is 4.90 Å². The van der Waals surface area contributed by atoms with Gasteiger partial charge < -0.3 is 9.64 Å². The molecule has 0 amide bonds. The van der Waals surface area contributed by atoms with Crippen LogP contribution in [0.5, 0.6) is 0 Å². The molecule has 1 unspecified atom stereocenters. The van der Waals surface area contributed by atoms with Gasteiger partial charge in [0.1, 0.15) is 0 Å². The van der Waals surface area contributed by atoms with E-state index in [1.165, 1.54) is 18.5 Å². The summed E-state index contributed by atoms with van der Waals surface area (Å²) in [5, 5.41) is 12.0. The van der Waals surface area contributed by atoms with E-state index < -0.39 is 0 Å². The van der Waals surface area contributed by atoms with Crippen molar-refractivity contribution in [2.45, 2.75) is 33.2 Å². The third kappa shape index (κ3) is 4.05. The molecule has 1 spiro atoms. The van der Waals surface area contributed by atoms with Crippen molar-refractivity contribution in [3.8, 4) is 0 Å². The number of hydrogen-bond donors (Lipinski definition) is 0. The lowest BCUT2D eigenvalue weighted by Gasteiger charge is -2.43. The van der Waals surface area contributed by atoms with Crippen LogP contribution >= 0.6 is 11.3 Å². The van der Waals surface area contributed by atoms with Gasteiger partial charge in [-0.05, 0) is 45.4 Å². The molecule has 2 aliphatic heterocycles. The molecule has 2 fully saturated rings. The predicted octanol–water partition coefficient (Wildman–Crippen LogP) is 2.67. The lowest BCUT2D eigenvalue weighted by atomic mass is 9.80. The number of thiazole rings is 1. The van der Waals surface area contributed by atoms with Crippen molar-refractivity contribution in [2.75, 3.05) is 44.3 Å². The molecule has 0 bridgehead atoms. The van der Waals surface area contributed by atoms with E-state index >= 15 is 0 Å². The number of aromatic nitrogens is 3. The van der Waals surface area contributed by atoms with Gasteiger partial charge >= 0.3 is 0 Å². The molecule has 4 rings (SSSR count). The Morgan fingerprint density at radius 3 is 2.88 bits per heavy atom. The topological polar surface area (TPSA) is 54.4 Å². The minimum Gasteiger partial charge on any atom is -0.379 e. The van der Waals surface area contributed by atoms with E-state index in [2.05, 4.69) is 43.4 Å². The van der Waals surface area contributed by atoms with Gasteiger partial charge in [0.2, 0.25) is 0 Å². The van der Waals surface area contributed by atoms with Crippen molar-refractivity contribution in [3.05, 3.63) is 33.9 Å². The molecule has 1 atom stereocenters. The number of likely N-dealkylation sites (tertiary alicyclic amines) is 1. The van der Waals surface area contributed by atoms with Crippen LogP contribution in [0.1, 0.15) is 29.2 Å². The fraction of sp³-hybridized carbons (Fsp3) is 0.632. The van der Waals surface area contributed by atoms with Gasteiger partial charge in [-0.25, -0.2) is 4.98 Å². The minimum atomic E-state index is 0.159. The highest BCUT2D eigenvalue weighted by molar-refractivity contribution is 7.09. The first-order valence-electron chi connectivity index (χ1n) is 9.38. The Bertz CT molecular complexity index is 734. The van der Waals surface area contributed by atoms with Gasteiger partial charge in [-0.15, -0.1) is 16.4 Å². The molecule has 7 heteroatoms. The zero-order valence-corrected chi connectivity index (χ0v) is 16.5. The zero-order chi connectivity index (χ0) is 18.0. The highest BCUT2D eigenvalue weighted by Gasteiger charge is 2.39. The Kier molecular flexibility index (Phi) is 5.20. The van der Waals surface area contributed by atoms with Crippen molar-refractivity contribution in [2.24, 2.45) is 5.41 Å². The Hall–Kier alpha value is -1.57. The average Bonchev–Trinajstić information content (AvgIpc) is 2.92. The predicted molar refractivity (Wildman–Crippen MR) is 104 cm³/mol. The first kappa shape index (κ1) is 17.8. The molecule has 2 aliphatic rings. The SMILES string of the molecule is Cc1ccc(N2CCOCC3(CCCN(Cc4csc(C)n4)C3)C2)nn1. The Morgan fingerprint density at radius 2 is 2.12 bits per heavy atom. The summed E-state index contributed by atoms with van der Waals surface area (Å²) in [5.41, 5.74) is 2.31. The van der Waals surface area contributed by atoms with Crippen molar-refractivity contribution < 1.29 is 4.74 Å². The quantitative estimate of drug-likeness (QED) is 0.824. The van der Waals surface area contributed by atoms with E-state index in [9.17, 15) is 0 Å². The van der Waals surface area contributed by atoms with E-state index in [1.54, 1.807) is 11.3 Å². The summed E-state index contributed by atoms with van der Waals surface area (Å²) in [7, 11) is 0. The fourth-order valence-electron chi connectivity index (χ4n) is 4.15. The molecule has 2 saturated heterocycles. The van der Waals surface area contributed by atoms with Gasteiger partial charge in [-0.3, -0.25) is 4.90 Å². The normalized spacial score (nSPS) is 24.8. The third-order valence-electron chi connectivity index (χ3n) is 5.34. The largest absolute Gasteiger partial charge is 0.379 e. The Balaban J connectivity index is 1.48. The number of piperidine rings is 1. The molecule has 0 aliphatic carbocycles. The van der Waals surface area contributed by atoms with Crippen molar-refractivity contribution in [1.29, 1.82) is 0 Å². The standard InChI is InChI=1S/C19H27N5OS/c1-15-4-5-18(22-21-15)24-8-9-25-14-19(13-24)6-3-7-23(12-19)10-17-11-26-16(2)20-17/h4-5,11H,3,6-10,12-14H2,1-2H3. The summed E-state index contributed by atoms with van der Waals surface area (Å²) in [5.74, 6) is 0.965. The smallest absolute Gasteiger partial charge is 0.151 e. The molecule has 6 nitrogen and oxygen atoms in total. The molecule has 0 saturated carbocycles. The van der Waals surface area contributed by atoms with Gasteiger partial charge in [-0.2, -0.15) is 5.10 Å². The van der Waals surface area contributed by atoms with Crippen molar-refractivity contribution >= 4 is 17.2 Å². The van der Waals surface area contributed by atoms with E-state index in [1.807, 2.05) is 13.0 Å². The van der Waals surface area contributed by atoms with Gasteiger partial charge in [0, 0.05) is 37.0 Å². The van der Waals surface area contributed by atoms with Crippen molar-refractivity contribution in [1.82, 2.24) is 20.1 Å². The average molecular weight is 374 g/mol. The summed E-state index contributed by atoms with van der Waals surface area (Å²) in [6.07, 6.45) is 2.41. The second kappa shape index (κ2) is 7.58. The molecule has 2 aromatic rings. The fourth-order valence-corrected chi connectivity index (χ4v) is 4.75. The monoisotopic (exact) mass is 373 g/mol. The van der Waals surface area contributed by atoms with Gasteiger partial charge in [0.05, 0.1) is 29.6 Å². The van der Waals surface area contributed by atoms with Crippen LogP contribution in [0.3, 0.4) is 0 Å². The first-order valence-corrected chi connectivity index (χ1v) is 10.3. The van der Waals surface area contributed by atoms with Crippen LogP contribution in [0.15, 0.2) is 17.5 Å². The highest BCUT2D eigenvalue weighted by atomic mass is 32.1. The van der Waals surface area contributed by atoms with Crippen LogP contribution in [0.2, 0.25) is 0 Å². The number of rotatable bonds is 3. The van der Waals surface area contributed by atoms with Crippen LogP contribution in [0.25, 0.3) is 0 Å². The minimum absolute atomic E-state index is 0.159. The van der Waals surface area contributed by atoms with Gasteiger partial charge in [-0.1, -0.05) is 0 Å². The maximum atomic E-state index is 6.04. The van der Waals surface area contributed by atoms with Crippen LogP contribution in [-0.2, 0) is 11.3 Å². The summed E-state index contributed by atoms with van der Waals surface area (Å²) >= 11 is 1.74. The summed E-state index contributed by atoms with van der Waals surface area (Å²) in [6, 6.07) is 4.12. The summed E-state index contributed by atoms with van der Waals surface area (Å²) < 4.78 is 6.04. The van der Waals surface area contributed by atoms with E-state index in [0.717, 1.165) is 62.5 Å². The number of anilines is 1. The lowest BCUT2D eigenvalue weighted by molar-refractivity contribution is 0.0103. The van der Waals surface area contributed by atoms with E-state index in [-0.39, 0.29) is 5.41 Å². The zero-order valence-electron chi connectivity index (χ0n) is 15.6. The number of hydrogen-bond acceptors (Lipinski definition) is 7. The maximum Gasteiger partial charge on any atom is 0.151 e. The summed E-state index contributed by atoms with van der Waals surface area (Å²) in [4.78, 5) is 9.55. The molecule has 140 valence electrons. The molecule has 0 aromatic carbocycles. The van der Waals surface area contributed by atoms with E-state index in [4.69, 9.17) is 4.74 Å². The second-order valence-corrected chi connectivity index (χ2v) is 8.74. The molecular weight excluding hydrogens is 346 g/mol. The molecule has 0 radical (unpaired) electrons. The molecule has 2 aromatic heterocycles. The van der Waals surface area contributed by atoms with Crippen LogP contribution in [0.4, 0.5) is 5.82 Å². The number of aryl methyl sites for hydroxylation is 2. The van der Waals surface area contributed by atoms with Crippen LogP contribution in [-0.4, -0.2) is 59.5 Å². The van der Waals surface area contributed by atoms with Crippen LogP contribution in [0, 0.1) is 19.3 Å². The number of nitrogens with zero attached hydrogens (tertiary/aromatic N) is 5. The Morgan fingerprint density at radius 1 is 1.19 bits per heavy atom. The highest BCUT2D eigenvalue weighted by Crippen LogP contribution is 2.34. The number of ether oxygens (including phenoxy) is 1. The molecule has 0 N–H and O–H groups in total. The van der Waals surface area contributed by atoms with Gasteiger partial charge in [0.15, 0.2) is 5.82 Å². The first-order chi connectivity index (χ1) is 12.6. The second-order valence-electron chi connectivity index (χ2n) is 7.68. The maximum absolute atomic E-state index is 6.04. The lowest BCUT2D eigenvalue weighted by Crippen LogP contribution is -2.50. The third-order valence-corrected chi connectivity index (χ3v) is 6.16. The van der Waals surface area contributed by atoms with Gasteiger partial charge in [0.25, 0.3) is 0 Å². The Labute approximate surface area is 159 Å². The van der Waals surface area contributed by atoms with Crippen molar-refractivity contribution in [3.63, 3.8) is 0 Å². The van der Waals surface area contributed by atoms with E-state index in [0.29, 0.717) is 0 Å². The molecule has 26 heavy (non-hydrogen) atoms. The molecular formula is C19H27N5OS. The summed E-state index contributed by atoms with van der Waals surface area (Å²) in [6.45, 7) is 10.6.